The van der Waals surface area contributed by atoms with E-state index in [0.29, 0.717) is 0 Å². The zero-order valence-corrected chi connectivity index (χ0v) is 12.8. The second kappa shape index (κ2) is 7.21. The van der Waals surface area contributed by atoms with Crippen LogP contribution >= 0.6 is 0 Å². The molecule has 7 nitrogen and oxygen atoms in total. The van der Waals surface area contributed by atoms with Gasteiger partial charge in [-0.2, -0.15) is 0 Å². The lowest BCUT2D eigenvalue weighted by molar-refractivity contribution is -0.384. The number of nitrogens with zero attached hydrogens (tertiary/aromatic N) is 1. The van der Waals surface area contributed by atoms with Crippen molar-refractivity contribution in [2.45, 2.75) is 0 Å². The Kier molecular flexibility index (Phi) is 5.24. The van der Waals surface area contributed by atoms with Gasteiger partial charge in [-0.15, -0.1) is 0 Å². The molecule has 2 rings (SSSR count). The molecule has 0 radical (unpaired) electrons. The van der Waals surface area contributed by atoms with Crippen LogP contribution in [0.1, 0.15) is 10.4 Å². The highest BCUT2D eigenvalue weighted by Crippen LogP contribution is 2.27. The predicted molar refractivity (Wildman–Crippen MR) is 80.0 cm³/mol. The summed E-state index contributed by atoms with van der Waals surface area (Å²) in [5.41, 5.74) is 1.15. The van der Waals surface area contributed by atoms with Gasteiger partial charge in [-0.3, -0.25) is 25.8 Å². The van der Waals surface area contributed by atoms with Crippen molar-refractivity contribution < 1.29 is 31.7 Å². The zero-order valence-electron chi connectivity index (χ0n) is 12.8. The fourth-order valence-electron chi connectivity index (χ4n) is 1.94. The number of benzene rings is 2. The van der Waals surface area contributed by atoms with Crippen LogP contribution in [0, 0.1) is 39.2 Å². The van der Waals surface area contributed by atoms with Gasteiger partial charge in [0.05, 0.1) is 4.92 Å². The summed E-state index contributed by atoms with van der Waals surface area (Å²) in [5.74, 6) is -12.2. The highest BCUT2D eigenvalue weighted by atomic mass is 19.2. The van der Waals surface area contributed by atoms with Crippen LogP contribution in [0.5, 0.6) is 0 Å². The minimum Gasteiger partial charge on any atom is -0.383 e. The number of halogens is 5. The number of hydrogen-bond acceptors (Lipinski definition) is 5. The smallest absolute Gasteiger partial charge is 0.293 e. The first kappa shape index (κ1) is 18.9. The minimum atomic E-state index is -2.35. The topological polar surface area (TPSA) is 96.3 Å². The maximum absolute atomic E-state index is 13.5. The molecule has 0 aromatic heterocycles. The Morgan fingerprint density at radius 2 is 1.54 bits per heavy atom. The quantitative estimate of drug-likeness (QED) is 0.245. The van der Waals surface area contributed by atoms with Crippen LogP contribution < -0.4 is 16.2 Å². The van der Waals surface area contributed by atoms with E-state index in [0.717, 1.165) is 12.1 Å². The molecule has 138 valence electrons. The van der Waals surface area contributed by atoms with Gasteiger partial charge in [-0.05, 0) is 12.1 Å². The molecule has 0 saturated carbocycles. The van der Waals surface area contributed by atoms with E-state index in [9.17, 15) is 36.9 Å². The summed E-state index contributed by atoms with van der Waals surface area (Å²) in [6.45, 7) is 0. The summed E-state index contributed by atoms with van der Waals surface area (Å²) in [4.78, 5) is 22.1. The zero-order chi connectivity index (χ0) is 19.6. The van der Waals surface area contributed by atoms with Crippen LogP contribution in [0.25, 0.3) is 0 Å². The van der Waals surface area contributed by atoms with E-state index in [2.05, 4.69) is 5.32 Å². The van der Waals surface area contributed by atoms with E-state index in [1.807, 2.05) is 0 Å². The number of carbonyl (C=O) groups is 1. The van der Waals surface area contributed by atoms with Crippen molar-refractivity contribution in [2.75, 3.05) is 17.8 Å². The molecule has 0 unspecified atom stereocenters. The van der Waals surface area contributed by atoms with E-state index in [1.165, 1.54) is 13.1 Å². The molecule has 0 aliphatic rings. The van der Waals surface area contributed by atoms with Crippen LogP contribution in [0.4, 0.5) is 39.0 Å². The summed E-state index contributed by atoms with van der Waals surface area (Å²) < 4.78 is 66.1. The molecule has 0 spiro atoms. The average Bonchev–Trinajstić information content (AvgIpc) is 2.63. The number of hydrogen-bond donors (Lipinski definition) is 3. The van der Waals surface area contributed by atoms with Crippen molar-refractivity contribution in [3.63, 3.8) is 0 Å². The number of rotatable bonds is 5. The van der Waals surface area contributed by atoms with Crippen molar-refractivity contribution in [3.8, 4) is 0 Å². The molecule has 2 aromatic rings. The molecule has 0 fully saturated rings. The SMILES string of the molecule is CNc1ccc(C(=O)NNc2c(F)c(F)c(F)c(F)c2F)cc1[N+](=O)[O-]. The van der Waals surface area contributed by atoms with Gasteiger partial charge in [-0.1, -0.05) is 0 Å². The van der Waals surface area contributed by atoms with E-state index >= 15 is 0 Å². The Labute approximate surface area is 141 Å². The number of hydrazine groups is 1. The summed E-state index contributed by atoms with van der Waals surface area (Å²) in [6, 6.07) is 3.21. The van der Waals surface area contributed by atoms with Crippen LogP contribution in [0.2, 0.25) is 0 Å². The van der Waals surface area contributed by atoms with E-state index in [-0.39, 0.29) is 11.3 Å². The first-order valence-corrected chi connectivity index (χ1v) is 6.73. The predicted octanol–water partition coefficient (Wildman–Crippen LogP) is 3.09. The molecule has 0 bridgehead atoms. The molecule has 0 aliphatic heterocycles. The maximum Gasteiger partial charge on any atom is 0.293 e. The Hall–Kier alpha value is -3.44. The van der Waals surface area contributed by atoms with Gasteiger partial charge in [-0.25, -0.2) is 22.0 Å². The summed E-state index contributed by atoms with van der Waals surface area (Å²) in [6.07, 6.45) is 0. The van der Waals surface area contributed by atoms with Gasteiger partial charge in [0.2, 0.25) is 5.82 Å². The van der Waals surface area contributed by atoms with Crippen molar-refractivity contribution >= 4 is 23.0 Å². The standard InChI is InChI=1S/C14H9F5N4O3/c1-20-6-3-2-5(4-7(6)23(25)26)14(24)22-21-13-11(18)9(16)8(15)10(17)12(13)19/h2-4,20-21H,1H3,(H,22,24). The van der Waals surface area contributed by atoms with Crippen LogP contribution in [0.3, 0.4) is 0 Å². The molecule has 0 heterocycles. The molecule has 0 saturated heterocycles. The molecule has 3 N–H and O–H groups in total. The van der Waals surface area contributed by atoms with Crippen molar-refractivity contribution in [3.05, 3.63) is 63.0 Å². The van der Waals surface area contributed by atoms with Crippen LogP contribution in [-0.2, 0) is 0 Å². The summed E-state index contributed by atoms with van der Waals surface area (Å²) in [5, 5.41) is 13.5. The third-order valence-electron chi connectivity index (χ3n) is 3.24. The fourth-order valence-corrected chi connectivity index (χ4v) is 1.94. The van der Waals surface area contributed by atoms with Gasteiger partial charge in [0.15, 0.2) is 23.3 Å². The van der Waals surface area contributed by atoms with Crippen molar-refractivity contribution in [2.24, 2.45) is 0 Å². The normalized spacial score (nSPS) is 10.4. The number of nitro benzene ring substituents is 1. The molecule has 26 heavy (non-hydrogen) atoms. The third-order valence-corrected chi connectivity index (χ3v) is 3.24. The molecule has 1 amide bonds. The number of amides is 1. The molecule has 12 heteroatoms. The Bertz CT molecular complexity index is 878. The highest BCUT2D eigenvalue weighted by molar-refractivity contribution is 5.96. The lowest BCUT2D eigenvalue weighted by Crippen LogP contribution is -2.31. The Morgan fingerprint density at radius 3 is 2.04 bits per heavy atom. The van der Waals surface area contributed by atoms with Gasteiger partial charge >= 0.3 is 0 Å². The molecule has 0 atom stereocenters. The van der Waals surface area contributed by atoms with Crippen molar-refractivity contribution in [1.82, 2.24) is 5.43 Å². The fraction of sp³-hybridized carbons (Fsp3) is 0.0714. The highest BCUT2D eigenvalue weighted by Gasteiger charge is 2.26. The monoisotopic (exact) mass is 376 g/mol. The lowest BCUT2D eigenvalue weighted by atomic mass is 10.1. The molecule has 0 aliphatic carbocycles. The van der Waals surface area contributed by atoms with E-state index < -0.39 is 51.3 Å². The Balaban J connectivity index is 2.28. The van der Waals surface area contributed by atoms with Gasteiger partial charge in [0, 0.05) is 18.7 Å². The van der Waals surface area contributed by atoms with Crippen molar-refractivity contribution in [1.29, 1.82) is 0 Å². The number of nitro groups is 1. The second-order valence-electron chi connectivity index (χ2n) is 4.76. The first-order chi connectivity index (χ1) is 12.2. The summed E-state index contributed by atoms with van der Waals surface area (Å²) in [7, 11) is 1.41. The number of anilines is 2. The third kappa shape index (κ3) is 3.34. The first-order valence-electron chi connectivity index (χ1n) is 6.73. The molecular formula is C14H9F5N4O3. The number of carbonyl (C=O) groups excluding carboxylic acids is 1. The maximum atomic E-state index is 13.5. The Morgan fingerprint density at radius 1 is 1.00 bits per heavy atom. The van der Waals surface area contributed by atoms with Gasteiger partial charge in [0.25, 0.3) is 11.6 Å². The average molecular weight is 376 g/mol. The molecule has 2 aromatic carbocycles. The van der Waals surface area contributed by atoms with Gasteiger partial charge < -0.3 is 5.32 Å². The molecular weight excluding hydrogens is 367 g/mol. The van der Waals surface area contributed by atoms with Crippen LogP contribution in [-0.4, -0.2) is 17.9 Å². The minimum absolute atomic E-state index is 0.0966. The second-order valence-corrected chi connectivity index (χ2v) is 4.76. The van der Waals surface area contributed by atoms with Gasteiger partial charge in [0.1, 0.15) is 11.4 Å². The van der Waals surface area contributed by atoms with E-state index in [1.54, 1.807) is 10.9 Å². The summed E-state index contributed by atoms with van der Waals surface area (Å²) >= 11 is 0. The lowest BCUT2D eigenvalue weighted by Gasteiger charge is -2.12. The van der Waals surface area contributed by atoms with Crippen LogP contribution in [0.15, 0.2) is 18.2 Å². The van der Waals surface area contributed by atoms with E-state index in [4.69, 9.17) is 0 Å². The number of nitrogens with one attached hydrogen (secondary N) is 3. The largest absolute Gasteiger partial charge is 0.383 e.